The molecule has 2 heterocycles. The standard InChI is InChI=1S/C34H34N3.C10H22N2.Ir/c1-20-35-29(22-17-21-13-9-10-14-23(21)27(18-22)33(2,3)4)32-30(36-20)26-19-28(34(5,6)7)24-15-11-12-16-25(24)31(26)37(32)8;1-7(2)10(11-8(3)4)12-9(5)6;/h9-16,18-19H,1-8H3;7-10H,1-6H3;/q-1;-2;+3. The van der Waals surface area contributed by atoms with Gasteiger partial charge in [0, 0.05) is 23.5 Å². The summed E-state index contributed by atoms with van der Waals surface area (Å²) in [4.78, 5) is 10.1. The van der Waals surface area contributed by atoms with Gasteiger partial charge in [0.2, 0.25) is 0 Å². The minimum Gasteiger partial charge on any atom is -0.675 e. The molecule has 0 atom stereocenters. The number of hydrogen-bond donors (Lipinski definition) is 0. The van der Waals surface area contributed by atoms with Gasteiger partial charge in [0.05, 0.1) is 16.6 Å². The van der Waals surface area contributed by atoms with Crippen LogP contribution in [0.1, 0.15) is 100 Å². The maximum atomic E-state index is 5.05. The molecule has 0 aliphatic rings. The topological polar surface area (TPSA) is 58.9 Å². The van der Waals surface area contributed by atoms with Crippen LogP contribution in [0.3, 0.4) is 0 Å². The van der Waals surface area contributed by atoms with E-state index in [2.05, 4.69) is 172 Å². The van der Waals surface area contributed by atoms with Crippen LogP contribution in [0.5, 0.6) is 0 Å². The maximum absolute atomic E-state index is 5.05. The molecule has 0 radical (unpaired) electrons. The van der Waals surface area contributed by atoms with Gasteiger partial charge in [-0.2, -0.15) is 0 Å². The summed E-state index contributed by atoms with van der Waals surface area (Å²) in [6, 6.07) is 26.5. The third kappa shape index (κ3) is 8.15. The Bertz CT molecular complexity index is 2100. The molecule has 0 spiro atoms. The molecule has 5 nitrogen and oxygen atoms in total. The summed E-state index contributed by atoms with van der Waals surface area (Å²) in [5, 5.41) is 15.2. The van der Waals surface area contributed by atoms with Crippen molar-refractivity contribution in [1.82, 2.24) is 14.5 Å². The molecule has 4 aromatic carbocycles. The van der Waals surface area contributed by atoms with Gasteiger partial charge in [-0.05, 0) is 34.8 Å². The quantitative estimate of drug-likeness (QED) is 0.157. The van der Waals surface area contributed by atoms with Crippen molar-refractivity contribution in [3.05, 3.63) is 94.3 Å². The third-order valence-corrected chi connectivity index (χ3v) is 9.08. The fourth-order valence-electron chi connectivity index (χ4n) is 6.87. The van der Waals surface area contributed by atoms with E-state index in [1.54, 1.807) is 0 Å². The molecule has 0 saturated carbocycles. The van der Waals surface area contributed by atoms with Crippen LogP contribution in [0.4, 0.5) is 0 Å². The van der Waals surface area contributed by atoms with Gasteiger partial charge in [-0.3, -0.25) is 4.98 Å². The molecule has 2 aromatic heterocycles. The Kier molecular flexibility index (Phi) is 12.1. The van der Waals surface area contributed by atoms with Crippen LogP contribution < -0.4 is 0 Å². The molecule has 0 unspecified atom stereocenters. The number of rotatable bonds is 6. The summed E-state index contributed by atoms with van der Waals surface area (Å²) < 4.78 is 2.30. The average molecular weight is 847 g/mol. The number of hydrogen-bond acceptors (Lipinski definition) is 2. The molecule has 0 fully saturated rings. The molecule has 0 saturated heterocycles. The van der Waals surface area contributed by atoms with Crippen molar-refractivity contribution in [3.8, 4) is 11.3 Å². The third-order valence-electron chi connectivity index (χ3n) is 9.08. The zero-order valence-corrected chi connectivity index (χ0v) is 35.0. The predicted molar refractivity (Wildman–Crippen MR) is 213 cm³/mol. The molecular weight excluding hydrogens is 791 g/mol. The van der Waals surface area contributed by atoms with Crippen molar-refractivity contribution in [1.29, 1.82) is 0 Å². The molecule has 6 heteroatoms. The fourth-order valence-corrected chi connectivity index (χ4v) is 6.87. The molecule has 50 heavy (non-hydrogen) atoms. The van der Waals surface area contributed by atoms with E-state index in [0.29, 0.717) is 18.0 Å². The van der Waals surface area contributed by atoms with Gasteiger partial charge in [0.15, 0.2) is 0 Å². The van der Waals surface area contributed by atoms with Crippen LogP contribution in [-0.2, 0) is 38.0 Å². The summed E-state index contributed by atoms with van der Waals surface area (Å²) in [6.45, 7) is 28.4. The Morgan fingerprint density at radius 3 is 1.72 bits per heavy atom. The van der Waals surface area contributed by atoms with E-state index in [4.69, 9.17) is 9.97 Å². The molecule has 0 N–H and O–H groups in total. The number of nitrogens with zero attached hydrogens (tertiary/aromatic N) is 5. The summed E-state index contributed by atoms with van der Waals surface area (Å²) >= 11 is 0. The van der Waals surface area contributed by atoms with Crippen LogP contribution in [-0.4, -0.2) is 32.8 Å². The minimum absolute atomic E-state index is 0. The maximum Gasteiger partial charge on any atom is 3.00 e. The Balaban J connectivity index is 0.000000373. The number of aryl methyl sites for hydroxylation is 2. The average Bonchev–Trinajstić information content (AvgIpc) is 3.29. The normalized spacial score (nSPS) is 12.5. The van der Waals surface area contributed by atoms with E-state index in [9.17, 15) is 0 Å². The van der Waals surface area contributed by atoms with Gasteiger partial charge in [-0.25, -0.2) is 11.1 Å². The van der Waals surface area contributed by atoms with Gasteiger partial charge in [0.1, 0.15) is 5.82 Å². The van der Waals surface area contributed by atoms with E-state index in [-0.39, 0.29) is 37.1 Å². The summed E-state index contributed by atoms with van der Waals surface area (Å²) in [6.07, 6.45) is 0.185. The van der Waals surface area contributed by atoms with Crippen LogP contribution in [0.15, 0.2) is 60.7 Å². The van der Waals surface area contributed by atoms with Crippen LogP contribution in [0, 0.1) is 18.9 Å². The predicted octanol–water partition coefficient (Wildman–Crippen LogP) is 12.3. The smallest absolute Gasteiger partial charge is 0.675 e. The second kappa shape index (κ2) is 15.2. The molecule has 6 rings (SSSR count). The first-order valence-corrected chi connectivity index (χ1v) is 17.9. The number of fused-ring (bicyclic) bond motifs is 6. The van der Waals surface area contributed by atoms with Gasteiger partial charge < -0.3 is 15.2 Å². The summed E-state index contributed by atoms with van der Waals surface area (Å²) in [5.41, 5.74) is 7.88. The molecule has 6 aromatic rings. The Morgan fingerprint density at radius 1 is 0.660 bits per heavy atom. The molecular formula is C44H56IrN5. The Hall–Kier alpha value is -3.15. The van der Waals surface area contributed by atoms with E-state index in [1.165, 1.54) is 38.2 Å². The van der Waals surface area contributed by atoms with Gasteiger partial charge in [0.25, 0.3) is 0 Å². The fraction of sp³-hybridized carbons (Fsp3) is 0.455. The van der Waals surface area contributed by atoms with Crippen LogP contribution in [0.2, 0.25) is 0 Å². The van der Waals surface area contributed by atoms with Crippen LogP contribution in [0.25, 0.3) is 65.4 Å². The monoisotopic (exact) mass is 847 g/mol. The zero-order valence-electron chi connectivity index (χ0n) is 32.7. The largest absolute Gasteiger partial charge is 3.00 e. The number of aromatic nitrogens is 3. The van der Waals surface area contributed by atoms with Crippen LogP contribution >= 0.6 is 0 Å². The van der Waals surface area contributed by atoms with E-state index < -0.39 is 0 Å². The van der Waals surface area contributed by atoms with Crippen molar-refractivity contribution < 1.29 is 20.1 Å². The summed E-state index contributed by atoms with van der Waals surface area (Å²) in [5.74, 6) is 1.30. The Morgan fingerprint density at radius 2 is 1.18 bits per heavy atom. The Labute approximate surface area is 314 Å². The first kappa shape index (κ1) is 39.6. The first-order valence-electron chi connectivity index (χ1n) is 17.9. The van der Waals surface area contributed by atoms with E-state index in [1.807, 2.05) is 6.92 Å². The molecule has 0 amide bonds. The van der Waals surface area contributed by atoms with Crippen molar-refractivity contribution in [2.45, 2.75) is 119 Å². The van der Waals surface area contributed by atoms with Gasteiger partial charge >= 0.3 is 20.1 Å². The first-order chi connectivity index (χ1) is 22.9. The van der Waals surface area contributed by atoms with Gasteiger partial charge in [-0.15, -0.1) is 41.2 Å². The molecule has 0 bridgehead atoms. The molecule has 266 valence electrons. The number of benzene rings is 4. The zero-order chi connectivity index (χ0) is 36.0. The molecule has 0 aliphatic heterocycles. The van der Waals surface area contributed by atoms with Crippen molar-refractivity contribution in [2.75, 3.05) is 0 Å². The molecule has 0 aliphatic carbocycles. The second-order valence-electron chi connectivity index (χ2n) is 16.5. The second-order valence-corrected chi connectivity index (χ2v) is 16.5. The van der Waals surface area contributed by atoms with Crippen molar-refractivity contribution in [2.24, 2.45) is 13.0 Å². The van der Waals surface area contributed by atoms with E-state index >= 15 is 0 Å². The SMILES string of the molecule is CC(C)[N-]C([N-]C(C)C)C(C)C.Cc1nc(-c2[c-]c3ccccc3c(C(C)(C)C)c2)c2c(n1)c1cc(C(C)(C)C)c3ccccc3c1n2C.[Ir+3]. The van der Waals surface area contributed by atoms with E-state index in [0.717, 1.165) is 33.5 Å². The summed E-state index contributed by atoms with van der Waals surface area (Å²) in [7, 11) is 2.15. The minimum atomic E-state index is -0.0125. The van der Waals surface area contributed by atoms with Gasteiger partial charge in [-0.1, -0.05) is 142 Å². The van der Waals surface area contributed by atoms with Crippen molar-refractivity contribution >= 4 is 43.5 Å². The van der Waals surface area contributed by atoms with Crippen molar-refractivity contribution in [3.63, 3.8) is 0 Å².